The molecule has 0 aliphatic heterocycles. The number of ether oxygens (including phenoxy) is 2. The first-order chi connectivity index (χ1) is 10.1. The highest BCUT2D eigenvalue weighted by Crippen LogP contribution is 2.20. The molecule has 0 saturated carbocycles. The number of benzene rings is 2. The van der Waals surface area contributed by atoms with Crippen molar-refractivity contribution >= 4 is 0 Å². The lowest BCUT2D eigenvalue weighted by atomic mass is 10.1. The zero-order valence-electron chi connectivity index (χ0n) is 12.5. The summed E-state index contributed by atoms with van der Waals surface area (Å²) >= 11 is 0. The first-order valence-corrected chi connectivity index (χ1v) is 6.83. The van der Waals surface area contributed by atoms with Gasteiger partial charge >= 0.3 is 0 Å². The second-order valence-electron chi connectivity index (χ2n) is 4.84. The molecule has 0 aromatic heterocycles. The van der Waals surface area contributed by atoms with Gasteiger partial charge in [0.2, 0.25) is 0 Å². The molecule has 0 radical (unpaired) electrons. The maximum atomic E-state index is 13.9. The molecule has 0 aliphatic rings. The van der Waals surface area contributed by atoms with Crippen LogP contribution in [-0.4, -0.2) is 14.2 Å². The Morgan fingerprint density at radius 2 is 1.76 bits per heavy atom. The molecule has 0 spiro atoms. The van der Waals surface area contributed by atoms with Crippen LogP contribution in [0.1, 0.15) is 24.1 Å². The Hall–Kier alpha value is -2.07. The van der Waals surface area contributed by atoms with Crippen LogP contribution in [0.4, 0.5) is 4.39 Å². The van der Waals surface area contributed by atoms with Crippen LogP contribution in [0.5, 0.6) is 11.5 Å². The fraction of sp³-hybridized carbons (Fsp3) is 0.294. The standard InChI is InChI=1S/C17H20FNO2/c1-12(13-5-4-6-15(9-13)20-2)19-11-14-7-8-16(21-3)10-17(14)18/h4-10,12,19H,11H2,1-3H3/t12-/m0/s1. The zero-order chi connectivity index (χ0) is 15.2. The highest BCUT2D eigenvalue weighted by Gasteiger charge is 2.08. The van der Waals surface area contributed by atoms with E-state index in [0.29, 0.717) is 17.9 Å². The van der Waals surface area contributed by atoms with Crippen molar-refractivity contribution in [3.63, 3.8) is 0 Å². The van der Waals surface area contributed by atoms with Crippen molar-refractivity contribution < 1.29 is 13.9 Å². The normalized spacial score (nSPS) is 12.0. The van der Waals surface area contributed by atoms with Crippen LogP contribution < -0.4 is 14.8 Å². The minimum atomic E-state index is -0.264. The fourth-order valence-electron chi connectivity index (χ4n) is 2.09. The molecular weight excluding hydrogens is 269 g/mol. The second-order valence-corrected chi connectivity index (χ2v) is 4.84. The molecule has 3 nitrogen and oxygen atoms in total. The Bertz CT molecular complexity index is 601. The molecule has 1 atom stereocenters. The highest BCUT2D eigenvalue weighted by atomic mass is 19.1. The third kappa shape index (κ3) is 3.95. The SMILES string of the molecule is COc1cccc([C@H](C)NCc2ccc(OC)cc2F)c1. The van der Waals surface area contributed by atoms with Crippen molar-refractivity contribution in [3.8, 4) is 11.5 Å². The molecule has 0 bridgehead atoms. The molecule has 0 saturated heterocycles. The predicted molar refractivity (Wildman–Crippen MR) is 81.2 cm³/mol. The van der Waals surface area contributed by atoms with Gasteiger partial charge in [-0.2, -0.15) is 0 Å². The maximum Gasteiger partial charge on any atom is 0.131 e. The van der Waals surface area contributed by atoms with Crippen LogP contribution >= 0.6 is 0 Å². The summed E-state index contributed by atoms with van der Waals surface area (Å²) in [5.74, 6) is 1.08. The molecule has 0 unspecified atom stereocenters. The molecular formula is C17H20FNO2. The lowest BCUT2D eigenvalue weighted by Gasteiger charge is -2.15. The third-order valence-electron chi connectivity index (χ3n) is 3.45. The first-order valence-electron chi connectivity index (χ1n) is 6.83. The van der Waals surface area contributed by atoms with Gasteiger partial charge < -0.3 is 14.8 Å². The Labute approximate surface area is 124 Å². The molecule has 4 heteroatoms. The van der Waals surface area contributed by atoms with Crippen LogP contribution in [-0.2, 0) is 6.54 Å². The highest BCUT2D eigenvalue weighted by molar-refractivity contribution is 5.31. The number of methoxy groups -OCH3 is 2. The summed E-state index contributed by atoms with van der Waals surface area (Å²) in [5, 5.41) is 3.31. The molecule has 0 amide bonds. The lowest BCUT2D eigenvalue weighted by Crippen LogP contribution is -2.18. The quantitative estimate of drug-likeness (QED) is 0.879. The zero-order valence-corrected chi connectivity index (χ0v) is 12.5. The summed E-state index contributed by atoms with van der Waals surface area (Å²) in [4.78, 5) is 0. The minimum absolute atomic E-state index is 0.0987. The van der Waals surface area contributed by atoms with Crippen molar-refractivity contribution in [2.24, 2.45) is 0 Å². The van der Waals surface area contributed by atoms with Crippen molar-refractivity contribution in [1.82, 2.24) is 5.32 Å². The molecule has 112 valence electrons. The molecule has 2 aromatic rings. The van der Waals surface area contributed by atoms with Crippen LogP contribution in [0, 0.1) is 5.82 Å². The van der Waals surface area contributed by atoms with Crippen molar-refractivity contribution in [3.05, 3.63) is 59.4 Å². The van der Waals surface area contributed by atoms with Gasteiger partial charge in [-0.3, -0.25) is 0 Å². The molecule has 0 heterocycles. The molecule has 2 aromatic carbocycles. The Morgan fingerprint density at radius 1 is 1.05 bits per heavy atom. The Kier molecular flexibility index (Phi) is 5.17. The van der Waals surface area contributed by atoms with E-state index in [1.807, 2.05) is 31.2 Å². The monoisotopic (exact) mass is 289 g/mol. The van der Waals surface area contributed by atoms with Crippen molar-refractivity contribution in [2.45, 2.75) is 19.5 Å². The summed E-state index contributed by atoms with van der Waals surface area (Å²) in [7, 11) is 3.17. The molecule has 0 aliphatic carbocycles. The largest absolute Gasteiger partial charge is 0.497 e. The van der Waals surface area contributed by atoms with E-state index in [0.717, 1.165) is 11.3 Å². The van der Waals surface area contributed by atoms with Crippen molar-refractivity contribution in [2.75, 3.05) is 14.2 Å². The van der Waals surface area contributed by atoms with E-state index in [2.05, 4.69) is 5.32 Å². The van der Waals surface area contributed by atoms with E-state index < -0.39 is 0 Å². The number of rotatable bonds is 6. The molecule has 21 heavy (non-hydrogen) atoms. The molecule has 2 rings (SSSR count). The van der Waals surface area contributed by atoms with Gasteiger partial charge in [0.25, 0.3) is 0 Å². The van der Waals surface area contributed by atoms with Crippen LogP contribution in [0.3, 0.4) is 0 Å². The topological polar surface area (TPSA) is 30.5 Å². The van der Waals surface area contributed by atoms with Gasteiger partial charge in [0, 0.05) is 24.2 Å². The van der Waals surface area contributed by atoms with Gasteiger partial charge in [0.1, 0.15) is 17.3 Å². The van der Waals surface area contributed by atoms with Gasteiger partial charge in [-0.1, -0.05) is 18.2 Å². The van der Waals surface area contributed by atoms with Gasteiger partial charge in [-0.05, 0) is 30.7 Å². The van der Waals surface area contributed by atoms with E-state index >= 15 is 0 Å². The minimum Gasteiger partial charge on any atom is -0.497 e. The van der Waals surface area contributed by atoms with Crippen LogP contribution in [0.15, 0.2) is 42.5 Å². The molecule has 1 N–H and O–H groups in total. The Balaban J connectivity index is 2.01. The maximum absolute atomic E-state index is 13.9. The molecule has 0 fully saturated rings. The summed E-state index contributed by atoms with van der Waals surface area (Å²) in [6.45, 7) is 2.49. The average molecular weight is 289 g/mol. The summed E-state index contributed by atoms with van der Waals surface area (Å²) in [6.07, 6.45) is 0. The van der Waals surface area contributed by atoms with Crippen LogP contribution in [0.25, 0.3) is 0 Å². The van der Waals surface area contributed by atoms with Gasteiger partial charge in [0.05, 0.1) is 14.2 Å². The van der Waals surface area contributed by atoms with E-state index in [4.69, 9.17) is 9.47 Å². The summed E-state index contributed by atoms with van der Waals surface area (Å²) < 4.78 is 24.1. The van der Waals surface area contributed by atoms with E-state index in [-0.39, 0.29) is 11.9 Å². The Morgan fingerprint density at radius 3 is 2.43 bits per heavy atom. The number of hydrogen-bond donors (Lipinski definition) is 1. The average Bonchev–Trinajstić information content (AvgIpc) is 2.53. The predicted octanol–water partition coefficient (Wildman–Crippen LogP) is 3.69. The lowest BCUT2D eigenvalue weighted by molar-refractivity contribution is 0.410. The second kappa shape index (κ2) is 7.09. The number of nitrogens with one attached hydrogen (secondary N) is 1. The first kappa shape index (κ1) is 15.3. The van der Waals surface area contributed by atoms with E-state index in [9.17, 15) is 4.39 Å². The van der Waals surface area contributed by atoms with Gasteiger partial charge in [-0.15, -0.1) is 0 Å². The van der Waals surface area contributed by atoms with Gasteiger partial charge in [0.15, 0.2) is 0 Å². The summed E-state index contributed by atoms with van der Waals surface area (Å²) in [5.41, 5.74) is 1.72. The smallest absolute Gasteiger partial charge is 0.131 e. The van der Waals surface area contributed by atoms with Crippen molar-refractivity contribution in [1.29, 1.82) is 0 Å². The van der Waals surface area contributed by atoms with Crippen LogP contribution in [0.2, 0.25) is 0 Å². The number of hydrogen-bond acceptors (Lipinski definition) is 3. The van der Waals surface area contributed by atoms with E-state index in [1.165, 1.54) is 13.2 Å². The van der Waals surface area contributed by atoms with Gasteiger partial charge in [-0.25, -0.2) is 4.39 Å². The van der Waals surface area contributed by atoms with E-state index in [1.54, 1.807) is 19.2 Å². The third-order valence-corrected chi connectivity index (χ3v) is 3.45. The fourth-order valence-corrected chi connectivity index (χ4v) is 2.09. The number of halogens is 1. The summed E-state index contributed by atoms with van der Waals surface area (Å²) in [6, 6.07) is 12.8.